The number of hydrogen-bond donors (Lipinski definition) is 2. The largest absolute Gasteiger partial charge is 0.399 e. The van der Waals surface area contributed by atoms with Crippen molar-refractivity contribution in [1.29, 1.82) is 0 Å². The van der Waals surface area contributed by atoms with Crippen LogP contribution in [0.25, 0.3) is 0 Å². The van der Waals surface area contributed by atoms with E-state index in [9.17, 15) is 8.42 Å². The minimum absolute atomic E-state index is 0.163. The third-order valence-corrected chi connectivity index (χ3v) is 6.19. The van der Waals surface area contributed by atoms with Crippen LogP contribution >= 0.6 is 31.9 Å². The molecule has 2 aromatic rings. The standard InChI is InChI=1S/C14H14Br2N2O2S/c1-9(11-4-2-3-5-12(11)15)18-21(19,20)14-7-6-10(17)8-13(14)16/h2-9,18H,17H2,1H3. The highest BCUT2D eigenvalue weighted by Crippen LogP contribution is 2.28. The number of nitrogens with two attached hydrogens (primary N) is 1. The van der Waals surface area contributed by atoms with Gasteiger partial charge in [0.05, 0.1) is 4.90 Å². The van der Waals surface area contributed by atoms with Gasteiger partial charge in [0.2, 0.25) is 10.0 Å². The molecule has 1 unspecified atom stereocenters. The van der Waals surface area contributed by atoms with E-state index in [0.29, 0.717) is 10.2 Å². The maximum atomic E-state index is 12.5. The van der Waals surface area contributed by atoms with Crippen LogP contribution in [0.1, 0.15) is 18.5 Å². The second-order valence-electron chi connectivity index (χ2n) is 4.55. The van der Waals surface area contributed by atoms with E-state index in [1.165, 1.54) is 6.07 Å². The number of anilines is 1. The molecule has 0 fully saturated rings. The number of nitrogens with one attached hydrogen (secondary N) is 1. The maximum Gasteiger partial charge on any atom is 0.242 e. The van der Waals surface area contributed by atoms with Gasteiger partial charge in [-0.15, -0.1) is 0 Å². The van der Waals surface area contributed by atoms with Crippen molar-refractivity contribution in [3.8, 4) is 0 Å². The fourth-order valence-corrected chi connectivity index (χ4v) is 4.87. The summed E-state index contributed by atoms with van der Waals surface area (Å²) in [5.41, 5.74) is 7.00. The molecule has 0 amide bonds. The zero-order valence-electron chi connectivity index (χ0n) is 11.2. The summed E-state index contributed by atoms with van der Waals surface area (Å²) < 4.78 is 28.9. The van der Waals surface area contributed by atoms with Gasteiger partial charge in [-0.3, -0.25) is 0 Å². The van der Waals surface area contributed by atoms with Crippen LogP contribution in [0.4, 0.5) is 5.69 Å². The molecule has 2 rings (SSSR count). The van der Waals surface area contributed by atoms with Gasteiger partial charge < -0.3 is 5.73 Å². The number of sulfonamides is 1. The van der Waals surface area contributed by atoms with Crippen LogP contribution in [0, 0.1) is 0 Å². The Morgan fingerprint density at radius 3 is 2.38 bits per heavy atom. The van der Waals surface area contributed by atoms with Crippen molar-refractivity contribution in [3.05, 3.63) is 57.0 Å². The van der Waals surface area contributed by atoms with Crippen LogP contribution in [0.3, 0.4) is 0 Å². The fourth-order valence-electron chi connectivity index (χ4n) is 1.92. The van der Waals surface area contributed by atoms with Gasteiger partial charge in [-0.1, -0.05) is 34.1 Å². The third kappa shape index (κ3) is 3.85. The van der Waals surface area contributed by atoms with E-state index in [1.807, 2.05) is 24.3 Å². The maximum absolute atomic E-state index is 12.5. The lowest BCUT2D eigenvalue weighted by Gasteiger charge is -2.17. The molecule has 0 saturated carbocycles. The van der Waals surface area contributed by atoms with E-state index in [0.717, 1.165) is 10.0 Å². The Kier molecular flexibility index (Phi) is 5.08. The summed E-state index contributed by atoms with van der Waals surface area (Å²) in [6.45, 7) is 1.79. The predicted molar refractivity (Wildman–Crippen MR) is 91.4 cm³/mol. The second-order valence-corrected chi connectivity index (χ2v) is 7.95. The lowest BCUT2D eigenvalue weighted by Crippen LogP contribution is -2.27. The van der Waals surface area contributed by atoms with Gasteiger partial charge in [0.15, 0.2) is 0 Å². The second kappa shape index (κ2) is 6.48. The number of halogens is 2. The van der Waals surface area contributed by atoms with E-state index < -0.39 is 10.0 Å². The van der Waals surface area contributed by atoms with Gasteiger partial charge in [0.1, 0.15) is 0 Å². The molecule has 0 aromatic heterocycles. The van der Waals surface area contributed by atoms with Crippen LogP contribution in [0.2, 0.25) is 0 Å². The van der Waals surface area contributed by atoms with E-state index in [4.69, 9.17) is 5.73 Å². The fraction of sp³-hybridized carbons (Fsp3) is 0.143. The molecule has 0 radical (unpaired) electrons. The zero-order chi connectivity index (χ0) is 15.6. The molecular weight excluding hydrogens is 420 g/mol. The van der Waals surface area contributed by atoms with E-state index in [1.54, 1.807) is 19.1 Å². The molecule has 21 heavy (non-hydrogen) atoms. The van der Waals surface area contributed by atoms with Crippen molar-refractivity contribution >= 4 is 47.6 Å². The van der Waals surface area contributed by atoms with Gasteiger partial charge in [-0.2, -0.15) is 0 Å². The van der Waals surface area contributed by atoms with Crippen LogP contribution in [-0.2, 0) is 10.0 Å². The molecule has 0 aliphatic carbocycles. The SMILES string of the molecule is CC(NS(=O)(=O)c1ccc(N)cc1Br)c1ccccc1Br. The number of hydrogen-bond acceptors (Lipinski definition) is 3. The molecule has 1 atom stereocenters. The molecule has 0 spiro atoms. The Hall–Kier alpha value is -0.890. The molecule has 0 aliphatic rings. The van der Waals surface area contributed by atoms with Crippen LogP contribution < -0.4 is 10.5 Å². The smallest absolute Gasteiger partial charge is 0.242 e. The van der Waals surface area contributed by atoms with E-state index in [2.05, 4.69) is 36.6 Å². The van der Waals surface area contributed by atoms with Crippen LogP contribution in [0.5, 0.6) is 0 Å². The van der Waals surface area contributed by atoms with Crippen LogP contribution in [0.15, 0.2) is 56.3 Å². The lowest BCUT2D eigenvalue weighted by atomic mass is 10.1. The summed E-state index contributed by atoms with van der Waals surface area (Å²) in [6, 6.07) is 11.7. The molecule has 7 heteroatoms. The minimum Gasteiger partial charge on any atom is -0.399 e. The Bertz CT molecular complexity index is 763. The monoisotopic (exact) mass is 432 g/mol. The average Bonchev–Trinajstić information content (AvgIpc) is 2.37. The first-order chi connectivity index (χ1) is 9.81. The normalized spacial score (nSPS) is 13.1. The highest BCUT2D eigenvalue weighted by molar-refractivity contribution is 9.10. The summed E-state index contributed by atoms with van der Waals surface area (Å²) in [7, 11) is -3.65. The van der Waals surface area contributed by atoms with Gasteiger partial charge in [0.25, 0.3) is 0 Å². The molecule has 0 bridgehead atoms. The summed E-state index contributed by atoms with van der Waals surface area (Å²) in [5, 5.41) is 0. The molecule has 112 valence electrons. The first-order valence-corrected chi connectivity index (χ1v) is 9.20. The summed E-state index contributed by atoms with van der Waals surface area (Å²) in [5.74, 6) is 0. The van der Waals surface area contributed by atoms with Gasteiger partial charge in [-0.25, -0.2) is 13.1 Å². The van der Waals surface area contributed by atoms with Gasteiger partial charge in [0, 0.05) is 20.7 Å². The van der Waals surface area contributed by atoms with Crippen molar-refractivity contribution in [2.75, 3.05) is 5.73 Å². The molecule has 3 N–H and O–H groups in total. The van der Waals surface area contributed by atoms with E-state index in [-0.39, 0.29) is 10.9 Å². The first-order valence-electron chi connectivity index (χ1n) is 6.13. The third-order valence-electron chi connectivity index (χ3n) is 2.95. The van der Waals surface area contributed by atoms with Crippen molar-refractivity contribution < 1.29 is 8.42 Å². The predicted octanol–water partition coefficient (Wildman–Crippen LogP) is 3.83. The summed E-state index contributed by atoms with van der Waals surface area (Å²) >= 11 is 6.66. The summed E-state index contributed by atoms with van der Waals surface area (Å²) in [6.07, 6.45) is 0. The zero-order valence-corrected chi connectivity index (χ0v) is 15.2. The van der Waals surface area contributed by atoms with E-state index >= 15 is 0 Å². The number of rotatable bonds is 4. The Morgan fingerprint density at radius 1 is 1.10 bits per heavy atom. The molecule has 2 aromatic carbocycles. The minimum atomic E-state index is -3.65. The molecular formula is C14H14Br2N2O2S. The average molecular weight is 434 g/mol. The van der Waals surface area contributed by atoms with Crippen molar-refractivity contribution in [3.63, 3.8) is 0 Å². The quantitative estimate of drug-likeness (QED) is 0.719. The first kappa shape index (κ1) is 16.5. The van der Waals surface area contributed by atoms with Crippen molar-refractivity contribution in [2.45, 2.75) is 17.9 Å². The lowest BCUT2D eigenvalue weighted by molar-refractivity contribution is 0.566. The number of benzene rings is 2. The molecule has 4 nitrogen and oxygen atoms in total. The topological polar surface area (TPSA) is 72.2 Å². The van der Waals surface area contributed by atoms with Crippen molar-refractivity contribution in [2.24, 2.45) is 0 Å². The Labute approximate surface area is 141 Å². The molecule has 0 heterocycles. The molecule has 0 aliphatic heterocycles. The van der Waals surface area contributed by atoms with Crippen LogP contribution in [-0.4, -0.2) is 8.42 Å². The summed E-state index contributed by atoms with van der Waals surface area (Å²) in [4.78, 5) is 0.163. The number of nitrogen functional groups attached to an aromatic ring is 1. The Morgan fingerprint density at radius 2 is 1.76 bits per heavy atom. The van der Waals surface area contributed by atoms with Gasteiger partial charge in [-0.05, 0) is 52.7 Å². The molecule has 0 saturated heterocycles. The van der Waals surface area contributed by atoms with Crippen molar-refractivity contribution in [1.82, 2.24) is 4.72 Å². The van der Waals surface area contributed by atoms with Gasteiger partial charge >= 0.3 is 0 Å². The highest BCUT2D eigenvalue weighted by Gasteiger charge is 2.21. The highest BCUT2D eigenvalue weighted by atomic mass is 79.9. The Balaban J connectivity index is 2.31.